The molecule has 0 spiro atoms. The molecule has 0 saturated carbocycles. The Balaban J connectivity index is 1.68. The van der Waals surface area contributed by atoms with Gasteiger partial charge in [0.15, 0.2) is 11.6 Å². The van der Waals surface area contributed by atoms with Gasteiger partial charge in [-0.3, -0.25) is 0 Å². The lowest BCUT2D eigenvalue weighted by Gasteiger charge is -2.13. The van der Waals surface area contributed by atoms with Crippen LogP contribution in [0.4, 0.5) is 0 Å². The summed E-state index contributed by atoms with van der Waals surface area (Å²) < 4.78 is 0. The first-order valence-electron chi connectivity index (χ1n) is 13.0. The van der Waals surface area contributed by atoms with Gasteiger partial charge in [-0.2, -0.15) is 0 Å². The van der Waals surface area contributed by atoms with Gasteiger partial charge in [-0.05, 0) is 74.7 Å². The quantitative estimate of drug-likeness (QED) is 0.293. The zero-order valence-electron chi connectivity index (χ0n) is 21.9. The molecule has 0 bridgehead atoms. The molecule has 0 N–H and O–H groups in total. The fraction of sp³-hybridized carbons (Fsp3) is 0.0588. The zero-order chi connectivity index (χ0) is 28.8. The highest BCUT2D eigenvalue weighted by molar-refractivity contribution is 5.96. The molecule has 8 nitrogen and oxygen atoms in total. The summed E-state index contributed by atoms with van der Waals surface area (Å²) in [5.74, 6) is 1.11. The summed E-state index contributed by atoms with van der Waals surface area (Å²) in [5.41, 5.74) is 8.05. The van der Waals surface area contributed by atoms with Crippen molar-refractivity contribution in [3.63, 3.8) is 0 Å². The van der Waals surface area contributed by atoms with Crippen molar-refractivity contribution in [2.75, 3.05) is 0 Å². The molecule has 0 amide bonds. The molecule has 42 heavy (non-hydrogen) atoms. The Morgan fingerprint density at radius 2 is 0.976 bits per heavy atom. The number of fused-ring (bicyclic) bond motifs is 6. The molecule has 0 atom stereocenters. The third-order valence-corrected chi connectivity index (χ3v) is 7.83. The van der Waals surface area contributed by atoms with Crippen LogP contribution in [0.1, 0.15) is 22.3 Å². The first-order valence-corrected chi connectivity index (χ1v) is 13.0. The smallest absolute Gasteiger partial charge is 0.237 e. The second-order valence-electron chi connectivity index (χ2n) is 9.76. The van der Waals surface area contributed by atoms with Crippen molar-refractivity contribution < 1.29 is 0 Å². The maximum atomic E-state index is 10.2. The maximum Gasteiger partial charge on any atom is 0.270 e. The third-order valence-electron chi connectivity index (χ3n) is 7.83. The van der Waals surface area contributed by atoms with Crippen LogP contribution >= 0.6 is 0 Å². The molecule has 0 unspecified atom stereocenters. The molecule has 0 radical (unpaired) electrons. The molecule has 3 aromatic carbocycles. The van der Waals surface area contributed by atoms with Crippen LogP contribution in [0.2, 0.25) is 0 Å². The summed E-state index contributed by atoms with van der Waals surface area (Å²) in [6, 6.07) is 19.4. The summed E-state index contributed by atoms with van der Waals surface area (Å²) in [7, 11) is 0. The van der Waals surface area contributed by atoms with Gasteiger partial charge in [0.2, 0.25) is 0 Å². The predicted molar refractivity (Wildman–Crippen MR) is 155 cm³/mol. The molecule has 0 aliphatic heterocycles. The Bertz CT molecular complexity index is 2120. The molecule has 7 rings (SSSR count). The zero-order valence-corrected chi connectivity index (χ0v) is 21.9. The molecule has 2 aromatic heterocycles. The van der Waals surface area contributed by atoms with E-state index in [0.717, 1.165) is 44.5 Å². The summed E-state index contributed by atoms with van der Waals surface area (Å²) in [4.78, 5) is 25.2. The van der Waals surface area contributed by atoms with Crippen LogP contribution in [0.3, 0.4) is 0 Å². The molecule has 8 heteroatoms. The van der Waals surface area contributed by atoms with Crippen molar-refractivity contribution in [2.45, 2.75) is 12.8 Å². The molecule has 2 aliphatic rings. The van der Waals surface area contributed by atoms with E-state index in [4.69, 9.17) is 13.1 Å². The Morgan fingerprint density at radius 1 is 0.571 bits per heavy atom. The van der Waals surface area contributed by atoms with Crippen LogP contribution in [-0.2, 0) is 12.8 Å². The van der Waals surface area contributed by atoms with Crippen LogP contribution in [0.25, 0.3) is 66.1 Å². The molecular formula is C34H16N8. The molecule has 2 aliphatic carbocycles. The normalized spacial score (nSPS) is 11.5. The van der Waals surface area contributed by atoms with Crippen LogP contribution < -0.4 is 10.4 Å². The number of rotatable bonds is 2. The second-order valence-corrected chi connectivity index (χ2v) is 9.76. The van der Waals surface area contributed by atoms with E-state index >= 15 is 0 Å². The van der Waals surface area contributed by atoms with Gasteiger partial charge in [-0.15, -0.1) is 0 Å². The van der Waals surface area contributed by atoms with E-state index in [2.05, 4.69) is 41.8 Å². The topological polar surface area (TPSA) is 108 Å². The van der Waals surface area contributed by atoms with Gasteiger partial charge in [-0.1, -0.05) is 36.4 Å². The van der Waals surface area contributed by atoms with Crippen molar-refractivity contribution in [2.24, 2.45) is 0 Å². The standard InChI is InChI=1S/C34H16N8/c1-37-27(17-35)29-25-15-23-19(7-3-9-21(23)33-39-11-5-12-40-33)30(25)32(28(18-36)38-2)31-20-8-4-10-22(24(20)16-26(29)31)34-41-13-6-14-42-34/h3-14H,15-16H2. The minimum atomic E-state index is -0.0428. The van der Waals surface area contributed by atoms with Gasteiger partial charge in [0.1, 0.15) is 0 Å². The van der Waals surface area contributed by atoms with E-state index in [-0.39, 0.29) is 11.4 Å². The van der Waals surface area contributed by atoms with Gasteiger partial charge in [0, 0.05) is 41.1 Å². The Kier molecular flexibility index (Phi) is 5.62. The van der Waals surface area contributed by atoms with E-state index in [1.807, 2.05) is 36.4 Å². The minimum Gasteiger partial charge on any atom is -0.237 e. The highest BCUT2D eigenvalue weighted by Gasteiger charge is 2.34. The third kappa shape index (κ3) is 3.44. The Hall–Kier alpha value is -6.48. The van der Waals surface area contributed by atoms with Crippen LogP contribution in [0.5, 0.6) is 0 Å². The van der Waals surface area contributed by atoms with E-state index < -0.39 is 0 Å². The van der Waals surface area contributed by atoms with E-state index in [0.29, 0.717) is 46.1 Å². The number of nitrogens with zero attached hydrogens (tertiary/aromatic N) is 8. The van der Waals surface area contributed by atoms with Crippen molar-refractivity contribution in [3.05, 3.63) is 129 Å². The van der Waals surface area contributed by atoms with E-state index in [9.17, 15) is 10.5 Å². The van der Waals surface area contributed by atoms with Crippen molar-refractivity contribution in [3.8, 4) is 57.2 Å². The first kappa shape index (κ1) is 24.6. The maximum absolute atomic E-state index is 10.2. The highest BCUT2D eigenvalue weighted by Crippen LogP contribution is 2.44. The van der Waals surface area contributed by atoms with Crippen LogP contribution in [0.15, 0.2) is 73.3 Å². The first-order chi connectivity index (χ1) is 20.7. The number of benzene rings is 3. The van der Waals surface area contributed by atoms with Gasteiger partial charge in [0.05, 0.1) is 25.3 Å². The number of hydrogen-bond acceptors (Lipinski definition) is 6. The fourth-order valence-corrected chi connectivity index (χ4v) is 6.28. The van der Waals surface area contributed by atoms with Crippen LogP contribution in [0, 0.1) is 35.8 Å². The predicted octanol–water partition coefficient (Wildman–Crippen LogP) is 4.85. The molecule has 2 heterocycles. The summed E-state index contributed by atoms with van der Waals surface area (Å²) in [5, 5.41) is 21.5. The number of nitriles is 2. The van der Waals surface area contributed by atoms with Crippen molar-refractivity contribution in [1.82, 2.24) is 19.9 Å². The summed E-state index contributed by atoms with van der Waals surface area (Å²) >= 11 is 0. The number of aromatic nitrogens is 4. The second kappa shape index (κ2) is 9.61. The molecule has 0 saturated heterocycles. The molecule has 5 aromatic rings. The van der Waals surface area contributed by atoms with Crippen molar-refractivity contribution in [1.29, 1.82) is 10.5 Å². The summed E-state index contributed by atoms with van der Waals surface area (Å²) in [6.45, 7) is 15.9. The lowest BCUT2D eigenvalue weighted by atomic mass is 9.90. The monoisotopic (exact) mass is 536 g/mol. The average molecular weight is 537 g/mol. The highest BCUT2D eigenvalue weighted by atomic mass is 14.9. The lowest BCUT2D eigenvalue weighted by molar-refractivity contribution is 1.13. The Labute approximate surface area is 240 Å². The van der Waals surface area contributed by atoms with Gasteiger partial charge in [0.25, 0.3) is 11.4 Å². The van der Waals surface area contributed by atoms with Crippen LogP contribution in [-0.4, -0.2) is 19.9 Å². The molecular weight excluding hydrogens is 520 g/mol. The number of hydrogen-bond donors (Lipinski definition) is 0. The van der Waals surface area contributed by atoms with Crippen molar-refractivity contribution >= 4 is 11.4 Å². The SMILES string of the molecule is [C-]#[N+]C(C#N)=c1c2c(c(=C(C#N)[N+]#[C-])c3c1Cc1c(-c4ncccn4)cccc1-3)-c1cccc(-c3ncccn3)c1C2. The lowest BCUT2D eigenvalue weighted by Crippen LogP contribution is -2.25. The van der Waals surface area contributed by atoms with Gasteiger partial charge >= 0.3 is 0 Å². The molecule has 0 fully saturated rings. The summed E-state index contributed by atoms with van der Waals surface area (Å²) in [6.07, 6.45) is 7.53. The van der Waals surface area contributed by atoms with E-state index in [1.54, 1.807) is 36.9 Å². The van der Waals surface area contributed by atoms with E-state index in [1.165, 1.54) is 0 Å². The fourth-order valence-electron chi connectivity index (χ4n) is 6.28. The Morgan fingerprint density at radius 3 is 1.38 bits per heavy atom. The van der Waals surface area contributed by atoms with Gasteiger partial charge in [-0.25, -0.2) is 40.1 Å². The average Bonchev–Trinajstić information content (AvgIpc) is 3.63. The van der Waals surface area contributed by atoms with Gasteiger partial charge < -0.3 is 0 Å². The molecule has 192 valence electrons. The minimum absolute atomic E-state index is 0.0222. The largest absolute Gasteiger partial charge is 0.270 e.